The maximum Gasteiger partial charge on any atom is 0.337 e. The van der Waals surface area contributed by atoms with Gasteiger partial charge < -0.3 is 4.74 Å². The summed E-state index contributed by atoms with van der Waals surface area (Å²) in [7, 11) is 1.30. The molecule has 1 aromatic rings. The maximum absolute atomic E-state index is 12.3. The Hall–Kier alpha value is -2.63. The number of esters is 1. The SMILES string of the molecule is CC/C(C)=C1/C(=O)NN(c2ccc(C(=O)OC)cc2)C1=O. The normalized spacial score (nSPS) is 16.8. The third-order valence-electron chi connectivity index (χ3n) is 3.36. The third-order valence-corrected chi connectivity index (χ3v) is 3.36. The minimum atomic E-state index is -0.458. The molecule has 0 aliphatic carbocycles. The van der Waals surface area contributed by atoms with Gasteiger partial charge >= 0.3 is 5.97 Å². The van der Waals surface area contributed by atoms with Crippen LogP contribution < -0.4 is 10.4 Å². The standard InChI is InChI=1S/C15H16N2O4/c1-4-9(2)12-13(18)16-17(14(12)19)11-7-5-10(6-8-11)15(20)21-3/h5-8H,4H2,1-3H3,(H,16,18)/b12-9-. The smallest absolute Gasteiger partial charge is 0.337 e. The third kappa shape index (κ3) is 2.65. The number of methoxy groups -OCH3 is 1. The summed E-state index contributed by atoms with van der Waals surface area (Å²) >= 11 is 0. The average molecular weight is 288 g/mol. The van der Waals surface area contributed by atoms with Crippen molar-refractivity contribution < 1.29 is 19.1 Å². The second-order valence-electron chi connectivity index (χ2n) is 4.63. The Labute approximate surface area is 122 Å². The molecule has 1 saturated heterocycles. The highest BCUT2D eigenvalue weighted by molar-refractivity contribution is 6.29. The molecule has 2 rings (SSSR count). The van der Waals surface area contributed by atoms with E-state index in [1.165, 1.54) is 24.3 Å². The van der Waals surface area contributed by atoms with Crippen LogP contribution in [0.2, 0.25) is 0 Å². The predicted octanol–water partition coefficient (Wildman–Crippen LogP) is 1.58. The number of hydrogen-bond acceptors (Lipinski definition) is 4. The monoisotopic (exact) mass is 288 g/mol. The van der Waals surface area contributed by atoms with E-state index in [9.17, 15) is 14.4 Å². The van der Waals surface area contributed by atoms with Crippen LogP contribution in [0.15, 0.2) is 35.4 Å². The van der Waals surface area contributed by atoms with Gasteiger partial charge in [0.15, 0.2) is 0 Å². The molecule has 110 valence electrons. The fourth-order valence-corrected chi connectivity index (χ4v) is 2.02. The van der Waals surface area contributed by atoms with E-state index >= 15 is 0 Å². The number of allylic oxidation sites excluding steroid dienone is 1. The number of carbonyl (C=O) groups is 3. The molecule has 21 heavy (non-hydrogen) atoms. The van der Waals surface area contributed by atoms with E-state index in [0.29, 0.717) is 17.7 Å². The molecule has 0 aromatic heterocycles. The van der Waals surface area contributed by atoms with Crippen molar-refractivity contribution in [2.45, 2.75) is 20.3 Å². The minimum absolute atomic E-state index is 0.176. The van der Waals surface area contributed by atoms with Crippen LogP contribution in [0, 0.1) is 0 Å². The van der Waals surface area contributed by atoms with Crippen molar-refractivity contribution in [1.29, 1.82) is 0 Å². The zero-order valence-corrected chi connectivity index (χ0v) is 12.1. The van der Waals surface area contributed by atoms with Gasteiger partial charge in [0.05, 0.1) is 18.4 Å². The van der Waals surface area contributed by atoms with Gasteiger partial charge in [0.1, 0.15) is 5.57 Å². The summed E-state index contributed by atoms with van der Waals surface area (Å²) in [5.41, 5.74) is 4.30. The quantitative estimate of drug-likeness (QED) is 0.520. The molecule has 1 fully saturated rings. The van der Waals surface area contributed by atoms with Crippen LogP contribution in [0.4, 0.5) is 5.69 Å². The van der Waals surface area contributed by atoms with Crippen LogP contribution in [0.3, 0.4) is 0 Å². The molecule has 6 heteroatoms. The molecule has 1 N–H and O–H groups in total. The molecule has 0 atom stereocenters. The Morgan fingerprint density at radius 3 is 2.38 bits per heavy atom. The summed E-state index contributed by atoms with van der Waals surface area (Å²) in [4.78, 5) is 35.5. The number of nitrogens with one attached hydrogen (secondary N) is 1. The summed E-state index contributed by atoms with van der Waals surface area (Å²) in [5.74, 6) is -1.25. The molecule has 1 aliphatic heterocycles. The second-order valence-corrected chi connectivity index (χ2v) is 4.63. The van der Waals surface area contributed by atoms with E-state index in [0.717, 1.165) is 5.57 Å². The first-order chi connectivity index (χ1) is 9.99. The molecule has 0 saturated carbocycles. The number of amides is 2. The van der Waals surface area contributed by atoms with Crippen LogP contribution in [0.1, 0.15) is 30.6 Å². The van der Waals surface area contributed by atoms with E-state index in [1.54, 1.807) is 19.1 Å². The van der Waals surface area contributed by atoms with Crippen LogP contribution in [0.5, 0.6) is 0 Å². The van der Waals surface area contributed by atoms with Crippen LogP contribution in [-0.4, -0.2) is 24.9 Å². The zero-order valence-electron chi connectivity index (χ0n) is 12.1. The van der Waals surface area contributed by atoms with Gasteiger partial charge in [-0.05, 0) is 37.6 Å². The molecule has 6 nitrogen and oxygen atoms in total. The molecule has 1 aliphatic rings. The summed E-state index contributed by atoms with van der Waals surface area (Å²) in [6, 6.07) is 6.23. The molecule has 1 aromatic carbocycles. The topological polar surface area (TPSA) is 75.7 Å². The van der Waals surface area contributed by atoms with Crippen molar-refractivity contribution in [2.75, 3.05) is 12.1 Å². The lowest BCUT2D eigenvalue weighted by molar-refractivity contribution is -0.117. The summed E-state index contributed by atoms with van der Waals surface area (Å²) < 4.78 is 4.61. The first-order valence-corrected chi connectivity index (χ1v) is 6.53. The molecule has 0 radical (unpaired) electrons. The Kier molecular flexibility index (Phi) is 4.07. The van der Waals surface area contributed by atoms with Gasteiger partial charge in [-0.15, -0.1) is 0 Å². The van der Waals surface area contributed by atoms with Gasteiger partial charge in [-0.1, -0.05) is 12.5 Å². The van der Waals surface area contributed by atoms with E-state index < -0.39 is 11.9 Å². The fourth-order valence-electron chi connectivity index (χ4n) is 2.02. The van der Waals surface area contributed by atoms with Gasteiger partial charge in [0.25, 0.3) is 11.8 Å². The Morgan fingerprint density at radius 2 is 1.86 bits per heavy atom. The van der Waals surface area contributed by atoms with Gasteiger partial charge in [0.2, 0.25) is 0 Å². The van der Waals surface area contributed by atoms with Gasteiger partial charge in [-0.25, -0.2) is 9.80 Å². The van der Waals surface area contributed by atoms with Crippen LogP contribution in [0.25, 0.3) is 0 Å². The largest absolute Gasteiger partial charge is 0.465 e. The maximum atomic E-state index is 12.3. The van der Waals surface area contributed by atoms with E-state index in [1.807, 2.05) is 6.92 Å². The number of hydrazine groups is 1. The fraction of sp³-hybridized carbons (Fsp3) is 0.267. The lowest BCUT2D eigenvalue weighted by Gasteiger charge is -2.14. The number of ether oxygens (including phenoxy) is 1. The van der Waals surface area contributed by atoms with Crippen molar-refractivity contribution in [3.63, 3.8) is 0 Å². The molecule has 0 spiro atoms. The first-order valence-electron chi connectivity index (χ1n) is 6.53. The summed E-state index contributed by atoms with van der Waals surface area (Å²) in [5, 5.41) is 1.18. The van der Waals surface area contributed by atoms with Gasteiger partial charge in [0, 0.05) is 0 Å². The Bertz CT molecular complexity index is 632. The Morgan fingerprint density at radius 1 is 1.24 bits per heavy atom. The minimum Gasteiger partial charge on any atom is -0.465 e. The van der Waals surface area contributed by atoms with E-state index in [4.69, 9.17) is 0 Å². The number of anilines is 1. The lowest BCUT2D eigenvalue weighted by Crippen LogP contribution is -2.35. The highest BCUT2D eigenvalue weighted by Crippen LogP contribution is 2.23. The molecular weight excluding hydrogens is 272 g/mol. The van der Waals surface area contributed by atoms with Crippen LogP contribution in [-0.2, 0) is 14.3 Å². The van der Waals surface area contributed by atoms with Gasteiger partial charge in [-0.2, -0.15) is 0 Å². The molecule has 0 unspecified atom stereocenters. The molecular formula is C15H16N2O4. The number of benzene rings is 1. The first kappa shape index (κ1) is 14.8. The van der Waals surface area contributed by atoms with Crippen molar-refractivity contribution in [2.24, 2.45) is 0 Å². The van der Waals surface area contributed by atoms with Crippen molar-refractivity contribution in [3.05, 3.63) is 41.0 Å². The highest BCUT2D eigenvalue weighted by Gasteiger charge is 2.35. The number of rotatable bonds is 3. The zero-order chi connectivity index (χ0) is 15.6. The van der Waals surface area contributed by atoms with Crippen molar-refractivity contribution in [3.8, 4) is 0 Å². The van der Waals surface area contributed by atoms with E-state index in [-0.39, 0.29) is 11.5 Å². The summed E-state index contributed by atoms with van der Waals surface area (Å²) in [6.07, 6.45) is 0.629. The van der Waals surface area contributed by atoms with Gasteiger partial charge in [-0.3, -0.25) is 15.0 Å². The number of carbonyl (C=O) groups excluding carboxylic acids is 3. The van der Waals surface area contributed by atoms with Crippen LogP contribution >= 0.6 is 0 Å². The van der Waals surface area contributed by atoms with Crippen molar-refractivity contribution in [1.82, 2.24) is 5.43 Å². The number of hydrogen-bond donors (Lipinski definition) is 1. The molecule has 0 bridgehead atoms. The Balaban J connectivity index is 2.30. The molecule has 1 heterocycles. The second kappa shape index (κ2) is 5.78. The predicted molar refractivity (Wildman–Crippen MR) is 76.4 cm³/mol. The summed E-state index contributed by atoms with van der Waals surface area (Å²) in [6.45, 7) is 3.65. The lowest BCUT2D eigenvalue weighted by atomic mass is 10.1. The van der Waals surface area contributed by atoms with Crippen molar-refractivity contribution >= 4 is 23.5 Å². The average Bonchev–Trinajstić information content (AvgIpc) is 2.80. The highest BCUT2D eigenvalue weighted by atomic mass is 16.5. The number of nitrogens with zero attached hydrogens (tertiary/aromatic N) is 1. The molecule has 2 amide bonds. The van der Waals surface area contributed by atoms with E-state index in [2.05, 4.69) is 10.2 Å².